The Labute approximate surface area is 129 Å². The highest BCUT2D eigenvalue weighted by Gasteiger charge is 2.05. The van der Waals surface area contributed by atoms with Crippen LogP contribution in [0.1, 0.15) is 25.8 Å². The Balaban J connectivity index is 1.96. The van der Waals surface area contributed by atoms with Crippen molar-refractivity contribution in [3.8, 4) is 0 Å². The summed E-state index contributed by atoms with van der Waals surface area (Å²) in [5.74, 6) is 0.193. The number of nitrogens with one attached hydrogen (secondary N) is 2. The predicted molar refractivity (Wildman–Crippen MR) is 87.3 cm³/mol. The van der Waals surface area contributed by atoms with Gasteiger partial charge in [0.15, 0.2) is 0 Å². The summed E-state index contributed by atoms with van der Waals surface area (Å²) in [6.07, 6.45) is 2.44. The molecule has 0 spiro atoms. The molecule has 1 heterocycles. The first-order valence-electron chi connectivity index (χ1n) is 7.18. The number of nitrogens with zero attached hydrogens (tertiary/aromatic N) is 1. The molecule has 1 aromatic carbocycles. The van der Waals surface area contributed by atoms with E-state index in [0.717, 1.165) is 12.1 Å². The van der Waals surface area contributed by atoms with E-state index in [0.29, 0.717) is 11.5 Å². The second kappa shape index (κ2) is 7.36. The number of anilines is 3. The van der Waals surface area contributed by atoms with Crippen molar-refractivity contribution in [2.75, 3.05) is 10.6 Å². The summed E-state index contributed by atoms with van der Waals surface area (Å²) in [5.41, 5.74) is 2.80. The van der Waals surface area contributed by atoms with Crippen molar-refractivity contribution >= 4 is 28.9 Å². The Hall–Kier alpha value is -2.69. The molecule has 0 aliphatic rings. The number of aromatic nitrogens is 1. The van der Waals surface area contributed by atoms with E-state index < -0.39 is 0 Å². The van der Waals surface area contributed by atoms with Gasteiger partial charge in [-0.25, -0.2) is 4.98 Å². The van der Waals surface area contributed by atoms with Crippen molar-refractivity contribution in [3.63, 3.8) is 0 Å². The van der Waals surface area contributed by atoms with Gasteiger partial charge in [0.05, 0.1) is 18.3 Å². The number of hydrogen-bond donors (Lipinski definition) is 2. The lowest BCUT2D eigenvalue weighted by molar-refractivity contribution is -0.124. The van der Waals surface area contributed by atoms with E-state index >= 15 is 0 Å². The minimum atomic E-state index is -0.329. The van der Waals surface area contributed by atoms with Gasteiger partial charge in [-0.2, -0.15) is 0 Å². The van der Waals surface area contributed by atoms with E-state index in [4.69, 9.17) is 0 Å². The molecule has 5 nitrogen and oxygen atoms in total. The van der Waals surface area contributed by atoms with Gasteiger partial charge in [0.25, 0.3) is 0 Å². The maximum Gasteiger partial charge on any atom is 0.231 e. The zero-order valence-corrected chi connectivity index (χ0v) is 12.7. The third-order valence-electron chi connectivity index (χ3n) is 3.09. The van der Waals surface area contributed by atoms with Crippen LogP contribution in [0.5, 0.6) is 0 Å². The van der Waals surface area contributed by atoms with E-state index in [-0.39, 0.29) is 18.1 Å². The first-order chi connectivity index (χ1) is 10.6. The van der Waals surface area contributed by atoms with E-state index in [1.807, 2.05) is 12.1 Å². The molecule has 0 saturated heterocycles. The minimum Gasteiger partial charge on any atom is -0.340 e. The van der Waals surface area contributed by atoms with Crippen LogP contribution in [-0.2, 0) is 16.0 Å². The minimum absolute atomic E-state index is 0.121. The molecule has 114 valence electrons. The molecule has 0 bridgehead atoms. The van der Waals surface area contributed by atoms with Crippen LogP contribution in [0.3, 0.4) is 0 Å². The second-order valence-corrected chi connectivity index (χ2v) is 5.03. The Morgan fingerprint density at radius 1 is 1.05 bits per heavy atom. The molecule has 0 unspecified atom stereocenters. The van der Waals surface area contributed by atoms with Crippen molar-refractivity contribution in [3.05, 3.63) is 48.2 Å². The van der Waals surface area contributed by atoms with Crippen LogP contribution in [0.25, 0.3) is 0 Å². The quantitative estimate of drug-likeness (QED) is 0.802. The van der Waals surface area contributed by atoms with Gasteiger partial charge >= 0.3 is 0 Å². The van der Waals surface area contributed by atoms with Crippen LogP contribution in [-0.4, -0.2) is 16.7 Å². The molecule has 2 N–H and O–H groups in total. The standard InChI is InChI=1S/C17H19N3O2/c1-3-13-4-6-14(7-5-13)19-16-9-8-15(11-18-16)20-17(22)10-12(2)21/h4-9,11H,3,10H2,1-2H3,(H,18,19)(H,20,22). The molecule has 0 saturated carbocycles. The number of amides is 1. The van der Waals surface area contributed by atoms with Gasteiger partial charge in [-0.3, -0.25) is 9.59 Å². The van der Waals surface area contributed by atoms with Crippen molar-refractivity contribution in [2.24, 2.45) is 0 Å². The summed E-state index contributed by atoms with van der Waals surface area (Å²) >= 11 is 0. The molecule has 2 rings (SSSR count). The summed E-state index contributed by atoms with van der Waals surface area (Å²) in [6.45, 7) is 3.50. The smallest absolute Gasteiger partial charge is 0.231 e. The van der Waals surface area contributed by atoms with Crippen LogP contribution in [0.2, 0.25) is 0 Å². The third-order valence-corrected chi connectivity index (χ3v) is 3.09. The van der Waals surface area contributed by atoms with Gasteiger partial charge in [0.2, 0.25) is 5.91 Å². The van der Waals surface area contributed by atoms with E-state index in [1.165, 1.54) is 12.5 Å². The van der Waals surface area contributed by atoms with Gasteiger partial charge in [-0.1, -0.05) is 19.1 Å². The van der Waals surface area contributed by atoms with Gasteiger partial charge < -0.3 is 10.6 Å². The highest BCUT2D eigenvalue weighted by Crippen LogP contribution is 2.17. The Morgan fingerprint density at radius 2 is 1.73 bits per heavy atom. The van der Waals surface area contributed by atoms with Crippen molar-refractivity contribution < 1.29 is 9.59 Å². The summed E-state index contributed by atoms with van der Waals surface area (Å²) in [7, 11) is 0. The van der Waals surface area contributed by atoms with E-state index in [9.17, 15) is 9.59 Å². The number of rotatable bonds is 6. The zero-order chi connectivity index (χ0) is 15.9. The molecule has 2 aromatic rings. The van der Waals surface area contributed by atoms with Crippen molar-refractivity contribution in [1.82, 2.24) is 4.98 Å². The predicted octanol–water partition coefficient (Wildman–Crippen LogP) is 3.31. The first-order valence-corrected chi connectivity index (χ1v) is 7.18. The fourth-order valence-corrected chi connectivity index (χ4v) is 1.94. The van der Waals surface area contributed by atoms with E-state index in [2.05, 4.69) is 34.7 Å². The molecule has 0 radical (unpaired) electrons. The summed E-state index contributed by atoms with van der Waals surface area (Å²) in [6, 6.07) is 11.7. The lowest BCUT2D eigenvalue weighted by Gasteiger charge is -2.08. The van der Waals surface area contributed by atoms with E-state index in [1.54, 1.807) is 18.3 Å². The van der Waals surface area contributed by atoms with Gasteiger partial charge in [-0.15, -0.1) is 0 Å². The molecule has 0 atom stereocenters. The third kappa shape index (κ3) is 4.70. The van der Waals surface area contributed by atoms with Crippen LogP contribution in [0, 0.1) is 0 Å². The number of carbonyl (C=O) groups excluding carboxylic acids is 2. The molecule has 0 fully saturated rings. The van der Waals surface area contributed by atoms with Gasteiger partial charge in [-0.05, 0) is 43.2 Å². The van der Waals surface area contributed by atoms with Crippen LogP contribution in [0.15, 0.2) is 42.6 Å². The summed E-state index contributed by atoms with van der Waals surface area (Å²) in [5, 5.41) is 5.82. The zero-order valence-electron chi connectivity index (χ0n) is 12.7. The largest absolute Gasteiger partial charge is 0.340 e. The number of ketones is 1. The maximum absolute atomic E-state index is 11.5. The second-order valence-electron chi connectivity index (χ2n) is 5.03. The maximum atomic E-state index is 11.5. The molecule has 0 aliphatic carbocycles. The number of benzene rings is 1. The molecular formula is C17H19N3O2. The van der Waals surface area contributed by atoms with Crippen LogP contribution >= 0.6 is 0 Å². The molecule has 1 amide bonds. The Bertz CT molecular complexity index is 649. The number of aryl methyl sites for hydroxylation is 1. The molecule has 1 aromatic heterocycles. The summed E-state index contributed by atoms with van der Waals surface area (Å²) in [4.78, 5) is 26.6. The Kier molecular flexibility index (Phi) is 5.25. The average molecular weight is 297 g/mol. The highest BCUT2D eigenvalue weighted by molar-refractivity contribution is 6.03. The lowest BCUT2D eigenvalue weighted by Crippen LogP contribution is -2.14. The highest BCUT2D eigenvalue weighted by atomic mass is 16.2. The monoisotopic (exact) mass is 297 g/mol. The normalized spacial score (nSPS) is 10.1. The number of Topliss-reactive ketones (excluding diaryl/α,β-unsaturated/α-hetero) is 1. The first kappa shape index (κ1) is 15.7. The molecular weight excluding hydrogens is 278 g/mol. The molecule has 5 heteroatoms. The molecule has 22 heavy (non-hydrogen) atoms. The lowest BCUT2D eigenvalue weighted by atomic mass is 10.1. The fourth-order valence-electron chi connectivity index (χ4n) is 1.94. The topological polar surface area (TPSA) is 71.1 Å². The van der Waals surface area contributed by atoms with Gasteiger partial charge in [0, 0.05) is 5.69 Å². The van der Waals surface area contributed by atoms with Crippen molar-refractivity contribution in [2.45, 2.75) is 26.7 Å². The Morgan fingerprint density at radius 3 is 2.27 bits per heavy atom. The van der Waals surface area contributed by atoms with Crippen LogP contribution in [0.4, 0.5) is 17.2 Å². The SMILES string of the molecule is CCc1ccc(Nc2ccc(NC(=O)CC(C)=O)cn2)cc1. The number of hydrogen-bond acceptors (Lipinski definition) is 4. The van der Waals surface area contributed by atoms with Gasteiger partial charge in [0.1, 0.15) is 11.6 Å². The number of carbonyl (C=O) groups is 2. The average Bonchev–Trinajstić information content (AvgIpc) is 2.49. The van der Waals surface area contributed by atoms with Crippen molar-refractivity contribution in [1.29, 1.82) is 0 Å². The fraction of sp³-hybridized carbons (Fsp3) is 0.235. The molecule has 0 aliphatic heterocycles. The van der Waals surface area contributed by atoms with Crippen LogP contribution < -0.4 is 10.6 Å². The number of pyridine rings is 1. The summed E-state index contributed by atoms with van der Waals surface area (Å²) < 4.78 is 0.